The van der Waals surface area contributed by atoms with Crippen molar-refractivity contribution in [3.8, 4) is 5.75 Å². The van der Waals surface area contributed by atoms with Crippen LogP contribution in [0.5, 0.6) is 5.75 Å². The van der Waals surface area contributed by atoms with Crippen LogP contribution in [0, 0.1) is 6.92 Å². The summed E-state index contributed by atoms with van der Waals surface area (Å²) < 4.78 is 5.49. The first-order valence-electron chi connectivity index (χ1n) is 5.39. The largest absolute Gasteiger partial charge is 0.487 e. The molecule has 2 aromatic rings. The van der Waals surface area contributed by atoms with Crippen LogP contribution in [-0.4, -0.2) is 21.0 Å². The molecule has 0 bridgehead atoms. The van der Waals surface area contributed by atoms with Gasteiger partial charge in [-0.25, -0.2) is 4.79 Å². The number of aryl methyl sites for hydroxylation is 1. The van der Waals surface area contributed by atoms with E-state index in [9.17, 15) is 4.79 Å². The molecule has 0 fully saturated rings. The van der Waals surface area contributed by atoms with E-state index in [-0.39, 0.29) is 5.56 Å². The SMILES string of the molecule is Cc1cncc(COc2ccc(C(=O)O)cc2)n1. The monoisotopic (exact) mass is 244 g/mol. The second-order valence-electron chi connectivity index (χ2n) is 3.77. The fourth-order valence-corrected chi connectivity index (χ4v) is 1.44. The van der Waals surface area contributed by atoms with Crippen LogP contribution in [0.3, 0.4) is 0 Å². The Morgan fingerprint density at radius 3 is 2.61 bits per heavy atom. The van der Waals surface area contributed by atoms with Gasteiger partial charge in [-0.1, -0.05) is 0 Å². The molecule has 1 aromatic carbocycles. The molecule has 0 radical (unpaired) electrons. The Morgan fingerprint density at radius 2 is 2.00 bits per heavy atom. The Kier molecular flexibility index (Phi) is 3.52. The van der Waals surface area contributed by atoms with E-state index in [1.807, 2.05) is 6.92 Å². The van der Waals surface area contributed by atoms with E-state index < -0.39 is 5.97 Å². The first kappa shape index (κ1) is 12.0. The number of carboxylic acids is 1. The number of aromatic nitrogens is 2. The van der Waals surface area contributed by atoms with Gasteiger partial charge in [0.05, 0.1) is 23.1 Å². The molecule has 5 heteroatoms. The zero-order chi connectivity index (χ0) is 13.0. The summed E-state index contributed by atoms with van der Waals surface area (Å²) in [5, 5.41) is 8.76. The van der Waals surface area contributed by atoms with Gasteiger partial charge in [0.2, 0.25) is 0 Å². The summed E-state index contributed by atoms with van der Waals surface area (Å²) in [6.45, 7) is 2.17. The summed E-state index contributed by atoms with van der Waals surface area (Å²) in [5.41, 5.74) is 1.80. The van der Waals surface area contributed by atoms with Gasteiger partial charge in [-0.05, 0) is 31.2 Å². The van der Waals surface area contributed by atoms with E-state index in [1.165, 1.54) is 12.1 Å². The predicted octanol–water partition coefficient (Wildman–Crippen LogP) is 2.06. The number of hydrogen-bond donors (Lipinski definition) is 1. The van der Waals surface area contributed by atoms with Crippen molar-refractivity contribution in [3.63, 3.8) is 0 Å². The average molecular weight is 244 g/mol. The average Bonchev–Trinajstić information content (AvgIpc) is 2.37. The van der Waals surface area contributed by atoms with Gasteiger partial charge in [0.15, 0.2) is 0 Å². The molecule has 0 saturated carbocycles. The number of carboxylic acid groups (broad SMARTS) is 1. The maximum atomic E-state index is 10.7. The summed E-state index contributed by atoms with van der Waals surface area (Å²) in [6.07, 6.45) is 3.31. The molecule has 0 aliphatic carbocycles. The van der Waals surface area contributed by atoms with E-state index in [4.69, 9.17) is 9.84 Å². The fourth-order valence-electron chi connectivity index (χ4n) is 1.44. The van der Waals surface area contributed by atoms with E-state index >= 15 is 0 Å². The lowest BCUT2D eigenvalue weighted by atomic mass is 10.2. The number of nitrogens with zero attached hydrogens (tertiary/aromatic N) is 2. The van der Waals surface area contributed by atoms with Crippen molar-refractivity contribution in [2.75, 3.05) is 0 Å². The van der Waals surface area contributed by atoms with Crippen LogP contribution in [0.25, 0.3) is 0 Å². The molecule has 0 saturated heterocycles. The number of hydrogen-bond acceptors (Lipinski definition) is 4. The van der Waals surface area contributed by atoms with Crippen LogP contribution in [0.1, 0.15) is 21.7 Å². The Labute approximate surface area is 104 Å². The number of benzene rings is 1. The van der Waals surface area contributed by atoms with Crippen LogP contribution < -0.4 is 4.74 Å². The lowest BCUT2D eigenvalue weighted by molar-refractivity contribution is 0.0697. The number of ether oxygens (including phenoxy) is 1. The van der Waals surface area contributed by atoms with Gasteiger partial charge in [0.1, 0.15) is 12.4 Å². The molecule has 2 rings (SSSR count). The normalized spacial score (nSPS) is 10.1. The predicted molar refractivity (Wildman–Crippen MR) is 64.5 cm³/mol. The summed E-state index contributed by atoms with van der Waals surface area (Å²) >= 11 is 0. The molecule has 0 aliphatic heterocycles. The maximum absolute atomic E-state index is 10.7. The van der Waals surface area contributed by atoms with Crippen molar-refractivity contribution >= 4 is 5.97 Å². The zero-order valence-electron chi connectivity index (χ0n) is 9.83. The topological polar surface area (TPSA) is 72.3 Å². The van der Waals surface area contributed by atoms with E-state index in [1.54, 1.807) is 24.5 Å². The Morgan fingerprint density at radius 1 is 1.28 bits per heavy atom. The van der Waals surface area contributed by atoms with Gasteiger partial charge in [0, 0.05) is 6.20 Å². The van der Waals surface area contributed by atoms with Gasteiger partial charge in [0.25, 0.3) is 0 Å². The third-order valence-electron chi connectivity index (χ3n) is 2.29. The second kappa shape index (κ2) is 5.27. The minimum absolute atomic E-state index is 0.234. The number of rotatable bonds is 4. The highest BCUT2D eigenvalue weighted by Gasteiger charge is 2.03. The molecule has 1 N–H and O–H groups in total. The molecule has 92 valence electrons. The molecule has 0 aliphatic rings. The van der Waals surface area contributed by atoms with Gasteiger partial charge in [-0.15, -0.1) is 0 Å². The van der Waals surface area contributed by atoms with Gasteiger partial charge in [-0.2, -0.15) is 0 Å². The second-order valence-corrected chi connectivity index (χ2v) is 3.77. The molecule has 0 unspecified atom stereocenters. The molecular formula is C13H12N2O3. The molecular weight excluding hydrogens is 232 g/mol. The third kappa shape index (κ3) is 3.04. The Bertz CT molecular complexity index is 552. The van der Waals surface area contributed by atoms with Gasteiger partial charge >= 0.3 is 5.97 Å². The highest BCUT2D eigenvalue weighted by Crippen LogP contribution is 2.13. The molecule has 18 heavy (non-hydrogen) atoms. The molecule has 0 spiro atoms. The van der Waals surface area contributed by atoms with Crippen LogP contribution in [0.15, 0.2) is 36.7 Å². The molecule has 0 amide bonds. The zero-order valence-corrected chi connectivity index (χ0v) is 9.83. The smallest absolute Gasteiger partial charge is 0.335 e. The summed E-state index contributed by atoms with van der Waals surface area (Å²) in [4.78, 5) is 18.9. The van der Waals surface area contributed by atoms with Crippen molar-refractivity contribution < 1.29 is 14.6 Å². The lowest BCUT2D eigenvalue weighted by Gasteiger charge is -2.06. The van der Waals surface area contributed by atoms with Crippen molar-refractivity contribution in [2.24, 2.45) is 0 Å². The first-order valence-corrected chi connectivity index (χ1v) is 5.39. The molecule has 1 aromatic heterocycles. The highest BCUT2D eigenvalue weighted by atomic mass is 16.5. The van der Waals surface area contributed by atoms with Crippen LogP contribution in [0.4, 0.5) is 0 Å². The highest BCUT2D eigenvalue weighted by molar-refractivity contribution is 5.87. The standard InChI is InChI=1S/C13H12N2O3/c1-9-6-14-7-11(15-9)8-18-12-4-2-10(3-5-12)13(16)17/h2-7H,8H2,1H3,(H,16,17). The van der Waals surface area contributed by atoms with Crippen molar-refractivity contribution in [3.05, 3.63) is 53.6 Å². The summed E-state index contributed by atoms with van der Waals surface area (Å²) in [6, 6.07) is 6.23. The Hall–Kier alpha value is -2.43. The van der Waals surface area contributed by atoms with Crippen LogP contribution >= 0.6 is 0 Å². The Balaban J connectivity index is 2.00. The van der Waals surface area contributed by atoms with E-state index in [0.29, 0.717) is 12.4 Å². The minimum Gasteiger partial charge on any atom is -0.487 e. The fraction of sp³-hybridized carbons (Fsp3) is 0.154. The molecule has 0 atom stereocenters. The lowest BCUT2D eigenvalue weighted by Crippen LogP contribution is -2.01. The van der Waals surface area contributed by atoms with E-state index in [2.05, 4.69) is 9.97 Å². The van der Waals surface area contributed by atoms with E-state index in [0.717, 1.165) is 11.4 Å². The third-order valence-corrected chi connectivity index (χ3v) is 2.29. The van der Waals surface area contributed by atoms with Crippen LogP contribution in [-0.2, 0) is 6.61 Å². The summed E-state index contributed by atoms with van der Waals surface area (Å²) in [5.74, 6) is -0.352. The van der Waals surface area contributed by atoms with Gasteiger partial charge < -0.3 is 9.84 Å². The quantitative estimate of drug-likeness (QED) is 0.891. The van der Waals surface area contributed by atoms with Crippen molar-refractivity contribution in [1.82, 2.24) is 9.97 Å². The number of carbonyl (C=O) groups is 1. The number of aromatic carboxylic acids is 1. The minimum atomic E-state index is -0.953. The van der Waals surface area contributed by atoms with Crippen LogP contribution in [0.2, 0.25) is 0 Å². The van der Waals surface area contributed by atoms with Gasteiger partial charge in [-0.3, -0.25) is 9.97 Å². The first-order chi connectivity index (χ1) is 8.65. The molecule has 5 nitrogen and oxygen atoms in total. The maximum Gasteiger partial charge on any atom is 0.335 e. The molecule has 1 heterocycles. The van der Waals surface area contributed by atoms with Crippen molar-refractivity contribution in [1.29, 1.82) is 0 Å². The van der Waals surface area contributed by atoms with Crippen molar-refractivity contribution in [2.45, 2.75) is 13.5 Å². The summed E-state index contributed by atoms with van der Waals surface area (Å²) in [7, 11) is 0.